The van der Waals surface area contributed by atoms with Crippen LogP contribution in [0.5, 0.6) is 0 Å². The van der Waals surface area contributed by atoms with Crippen molar-refractivity contribution in [2.24, 2.45) is 0 Å². The zero-order valence-corrected chi connectivity index (χ0v) is 12.1. The molecular weight excluding hydrogens is 272 g/mol. The molecular formula is C13H18N6O2. The topological polar surface area (TPSA) is 106 Å². The summed E-state index contributed by atoms with van der Waals surface area (Å²) in [6, 6.07) is 0. The first-order valence-electron chi connectivity index (χ1n) is 6.82. The van der Waals surface area contributed by atoms with E-state index in [1.165, 1.54) is 6.20 Å². The minimum atomic E-state index is -0.275. The second-order valence-corrected chi connectivity index (χ2v) is 4.45. The van der Waals surface area contributed by atoms with Crippen molar-refractivity contribution in [3.05, 3.63) is 29.8 Å². The highest BCUT2D eigenvalue weighted by Crippen LogP contribution is 2.02. The average molecular weight is 290 g/mol. The Morgan fingerprint density at radius 2 is 2.14 bits per heavy atom. The Kier molecular flexibility index (Phi) is 5.19. The van der Waals surface area contributed by atoms with Gasteiger partial charge in [-0.1, -0.05) is 12.1 Å². The molecule has 0 bridgehead atoms. The van der Waals surface area contributed by atoms with Gasteiger partial charge in [0, 0.05) is 26.4 Å². The first-order chi connectivity index (χ1) is 10.2. The van der Waals surface area contributed by atoms with Crippen LogP contribution >= 0.6 is 0 Å². The van der Waals surface area contributed by atoms with Crippen molar-refractivity contribution < 1.29 is 9.32 Å². The number of aromatic nitrogens is 4. The van der Waals surface area contributed by atoms with Gasteiger partial charge in [0.1, 0.15) is 11.5 Å². The van der Waals surface area contributed by atoms with Crippen LogP contribution in [0.15, 0.2) is 16.9 Å². The standard InChI is InChI=1S/C13H18N6O2/c1-3-5-15-12-8-14-7-10(18-12)13(20)16-6-4-11-17-9(2)21-19-11/h7-8H,3-6H2,1-2H3,(H,15,18)(H,16,20). The normalized spacial score (nSPS) is 10.4. The molecule has 2 N–H and O–H groups in total. The van der Waals surface area contributed by atoms with E-state index >= 15 is 0 Å². The molecule has 21 heavy (non-hydrogen) atoms. The highest BCUT2D eigenvalue weighted by molar-refractivity contribution is 5.92. The number of hydrogen-bond donors (Lipinski definition) is 2. The van der Waals surface area contributed by atoms with E-state index in [0.29, 0.717) is 30.5 Å². The summed E-state index contributed by atoms with van der Waals surface area (Å²) in [6.45, 7) is 4.97. The molecule has 0 radical (unpaired) electrons. The number of carbonyl (C=O) groups is 1. The summed E-state index contributed by atoms with van der Waals surface area (Å²) in [7, 11) is 0. The maximum absolute atomic E-state index is 12.0. The van der Waals surface area contributed by atoms with Crippen molar-refractivity contribution in [3.63, 3.8) is 0 Å². The molecule has 2 aromatic rings. The van der Waals surface area contributed by atoms with Gasteiger partial charge < -0.3 is 15.2 Å². The SMILES string of the molecule is CCCNc1cncc(C(=O)NCCc2noc(C)n2)n1. The van der Waals surface area contributed by atoms with Crippen LogP contribution in [-0.2, 0) is 6.42 Å². The largest absolute Gasteiger partial charge is 0.369 e. The molecule has 0 saturated heterocycles. The van der Waals surface area contributed by atoms with E-state index in [2.05, 4.69) is 37.7 Å². The smallest absolute Gasteiger partial charge is 0.271 e. The Labute approximate surface area is 122 Å². The van der Waals surface area contributed by atoms with Gasteiger partial charge in [-0.3, -0.25) is 9.78 Å². The average Bonchev–Trinajstić information content (AvgIpc) is 2.91. The molecule has 0 saturated carbocycles. The van der Waals surface area contributed by atoms with Gasteiger partial charge in [-0.05, 0) is 6.42 Å². The van der Waals surface area contributed by atoms with E-state index in [1.54, 1.807) is 13.1 Å². The molecule has 2 heterocycles. The Morgan fingerprint density at radius 3 is 2.86 bits per heavy atom. The first-order valence-corrected chi connectivity index (χ1v) is 6.82. The summed E-state index contributed by atoms with van der Waals surface area (Å²) in [5, 5.41) is 9.60. The van der Waals surface area contributed by atoms with Crippen molar-refractivity contribution in [1.82, 2.24) is 25.4 Å². The Morgan fingerprint density at radius 1 is 1.29 bits per heavy atom. The van der Waals surface area contributed by atoms with Crippen LogP contribution in [-0.4, -0.2) is 39.1 Å². The van der Waals surface area contributed by atoms with Gasteiger partial charge in [0.25, 0.3) is 5.91 Å². The molecule has 112 valence electrons. The quantitative estimate of drug-likeness (QED) is 0.782. The monoisotopic (exact) mass is 290 g/mol. The number of amides is 1. The molecule has 0 aromatic carbocycles. The molecule has 0 fully saturated rings. The van der Waals surface area contributed by atoms with Crippen LogP contribution in [0.1, 0.15) is 35.5 Å². The maximum atomic E-state index is 12.0. The molecule has 0 unspecified atom stereocenters. The fourth-order valence-corrected chi connectivity index (χ4v) is 1.63. The lowest BCUT2D eigenvalue weighted by Crippen LogP contribution is -2.27. The third-order valence-corrected chi connectivity index (χ3v) is 2.63. The lowest BCUT2D eigenvalue weighted by Gasteiger charge is -2.06. The number of nitrogens with one attached hydrogen (secondary N) is 2. The zero-order chi connectivity index (χ0) is 15.1. The van der Waals surface area contributed by atoms with Gasteiger partial charge in [-0.25, -0.2) is 4.98 Å². The van der Waals surface area contributed by atoms with Crippen LogP contribution in [0.25, 0.3) is 0 Å². The van der Waals surface area contributed by atoms with Crippen molar-refractivity contribution in [3.8, 4) is 0 Å². The molecule has 0 aliphatic rings. The van der Waals surface area contributed by atoms with E-state index in [1.807, 2.05) is 0 Å². The number of rotatable bonds is 7. The van der Waals surface area contributed by atoms with E-state index < -0.39 is 0 Å². The highest BCUT2D eigenvalue weighted by atomic mass is 16.5. The Hall–Kier alpha value is -2.51. The fraction of sp³-hybridized carbons (Fsp3) is 0.462. The van der Waals surface area contributed by atoms with Crippen LogP contribution in [0.3, 0.4) is 0 Å². The molecule has 8 nitrogen and oxygen atoms in total. The fourth-order valence-electron chi connectivity index (χ4n) is 1.63. The van der Waals surface area contributed by atoms with Crippen LogP contribution in [0, 0.1) is 6.92 Å². The zero-order valence-electron chi connectivity index (χ0n) is 12.1. The highest BCUT2D eigenvalue weighted by Gasteiger charge is 2.09. The molecule has 1 amide bonds. The Bertz CT molecular complexity index is 598. The molecule has 8 heteroatoms. The number of nitrogens with zero attached hydrogens (tertiary/aromatic N) is 4. The molecule has 0 atom stereocenters. The number of carbonyl (C=O) groups excluding carboxylic acids is 1. The van der Waals surface area contributed by atoms with E-state index in [9.17, 15) is 4.79 Å². The third-order valence-electron chi connectivity index (χ3n) is 2.63. The number of aryl methyl sites for hydroxylation is 1. The predicted molar refractivity (Wildman–Crippen MR) is 75.9 cm³/mol. The molecule has 2 rings (SSSR count). The first kappa shape index (κ1) is 14.9. The molecule has 0 aliphatic heterocycles. The predicted octanol–water partition coefficient (Wildman–Crippen LogP) is 0.962. The Balaban J connectivity index is 1.85. The van der Waals surface area contributed by atoms with Crippen molar-refractivity contribution in [1.29, 1.82) is 0 Å². The maximum Gasteiger partial charge on any atom is 0.271 e. The summed E-state index contributed by atoms with van der Waals surface area (Å²) in [6.07, 6.45) is 4.51. The third kappa shape index (κ3) is 4.51. The number of anilines is 1. The molecule has 0 aliphatic carbocycles. The van der Waals surface area contributed by atoms with Crippen molar-refractivity contribution in [2.75, 3.05) is 18.4 Å². The lowest BCUT2D eigenvalue weighted by molar-refractivity contribution is 0.0948. The van der Waals surface area contributed by atoms with Crippen LogP contribution in [0.2, 0.25) is 0 Å². The van der Waals surface area contributed by atoms with Gasteiger partial charge in [-0.2, -0.15) is 4.98 Å². The van der Waals surface area contributed by atoms with Gasteiger partial charge in [-0.15, -0.1) is 0 Å². The summed E-state index contributed by atoms with van der Waals surface area (Å²) < 4.78 is 4.86. The lowest BCUT2D eigenvalue weighted by atomic mass is 10.3. The van der Waals surface area contributed by atoms with Crippen LogP contribution < -0.4 is 10.6 Å². The van der Waals surface area contributed by atoms with Crippen molar-refractivity contribution in [2.45, 2.75) is 26.7 Å². The summed E-state index contributed by atoms with van der Waals surface area (Å²) in [5.74, 6) is 1.40. The summed E-state index contributed by atoms with van der Waals surface area (Å²) >= 11 is 0. The molecule has 2 aromatic heterocycles. The molecule has 0 spiro atoms. The van der Waals surface area contributed by atoms with Gasteiger partial charge in [0.2, 0.25) is 5.89 Å². The van der Waals surface area contributed by atoms with Gasteiger partial charge in [0.05, 0.1) is 12.4 Å². The van der Waals surface area contributed by atoms with Gasteiger partial charge >= 0.3 is 0 Å². The van der Waals surface area contributed by atoms with E-state index in [-0.39, 0.29) is 11.6 Å². The second kappa shape index (κ2) is 7.32. The van der Waals surface area contributed by atoms with E-state index in [0.717, 1.165) is 13.0 Å². The van der Waals surface area contributed by atoms with Crippen molar-refractivity contribution >= 4 is 11.7 Å². The summed E-state index contributed by atoms with van der Waals surface area (Å²) in [5.41, 5.74) is 0.278. The van der Waals surface area contributed by atoms with Crippen LogP contribution in [0.4, 0.5) is 5.82 Å². The minimum absolute atomic E-state index is 0.275. The second-order valence-electron chi connectivity index (χ2n) is 4.45. The summed E-state index contributed by atoms with van der Waals surface area (Å²) in [4.78, 5) is 24.2. The van der Waals surface area contributed by atoms with E-state index in [4.69, 9.17) is 4.52 Å². The minimum Gasteiger partial charge on any atom is -0.369 e. The van der Waals surface area contributed by atoms with Gasteiger partial charge in [0.15, 0.2) is 5.82 Å². The number of hydrogen-bond acceptors (Lipinski definition) is 7.